The maximum atomic E-state index is 12.4. The Morgan fingerprint density at radius 3 is 2.16 bits per heavy atom. The second-order valence-electron chi connectivity index (χ2n) is 11.7. The van der Waals surface area contributed by atoms with Crippen LogP contribution in [-0.4, -0.2) is 56.0 Å². The SMILES string of the molecule is C=CC1=C(C)[C@@H](Cc2[nH]c(/C=c3\[nH]/c(=C\C4NC(=O)[C@H](C)[C@H]4CC)c(C)c3CCC(=O)O)c(CCC(=O)O)c2C)NC1=O. The molecule has 4 atom stereocenters. The third-order valence-electron chi connectivity index (χ3n) is 9.19. The molecule has 2 aliphatic heterocycles. The third-order valence-corrected chi connectivity index (χ3v) is 9.19. The molecule has 0 saturated carbocycles. The zero-order valence-electron chi connectivity index (χ0n) is 25.5. The van der Waals surface area contributed by atoms with Crippen molar-refractivity contribution in [3.05, 3.63) is 68.1 Å². The van der Waals surface area contributed by atoms with Gasteiger partial charge in [0.1, 0.15) is 0 Å². The van der Waals surface area contributed by atoms with Crippen LogP contribution in [0.1, 0.15) is 73.7 Å². The molecule has 43 heavy (non-hydrogen) atoms. The summed E-state index contributed by atoms with van der Waals surface area (Å²) in [6.07, 6.45) is 7.37. The number of H-pyrrole nitrogens is 2. The molecule has 10 nitrogen and oxygen atoms in total. The van der Waals surface area contributed by atoms with Crippen molar-refractivity contribution in [1.82, 2.24) is 20.6 Å². The van der Waals surface area contributed by atoms with E-state index >= 15 is 0 Å². The van der Waals surface area contributed by atoms with Crippen LogP contribution in [0.25, 0.3) is 12.2 Å². The fourth-order valence-electron chi connectivity index (χ4n) is 6.50. The number of rotatable bonds is 12. The van der Waals surface area contributed by atoms with Gasteiger partial charge in [0.25, 0.3) is 5.91 Å². The summed E-state index contributed by atoms with van der Waals surface area (Å²) in [6, 6.07) is -0.359. The van der Waals surface area contributed by atoms with Crippen LogP contribution in [0.3, 0.4) is 0 Å². The van der Waals surface area contributed by atoms with Crippen molar-refractivity contribution < 1.29 is 29.4 Å². The van der Waals surface area contributed by atoms with Crippen molar-refractivity contribution in [2.24, 2.45) is 11.8 Å². The standard InChI is InChI=1S/C33H42N4O6/c1-7-20-19(6)32(42)37-27(20)14-25-18(5)23(10-12-31(40)41)29(35-25)15-28-22(9-11-30(38)39)17(4)24(34-28)13-26-16(3)21(8-2)33(43)36-26/h8,14-15,19-20,26-27,34-35H,2,7,9-13H2,1,3-6H3,(H,36,43)(H,37,42)(H,38,39)(H,40,41)/b25-14-,29-15-/t19-,20-,26-,27?/m1/s1. The highest BCUT2D eigenvalue weighted by atomic mass is 16.4. The lowest BCUT2D eigenvalue weighted by Gasteiger charge is -2.15. The number of carbonyl (C=O) groups is 4. The molecule has 0 radical (unpaired) electrons. The quantitative estimate of drug-likeness (QED) is 0.222. The first-order valence-corrected chi connectivity index (χ1v) is 14.9. The third kappa shape index (κ3) is 6.53. The molecule has 10 heteroatoms. The molecule has 2 aromatic rings. The van der Waals surface area contributed by atoms with Crippen molar-refractivity contribution >= 4 is 35.9 Å². The first-order valence-electron chi connectivity index (χ1n) is 14.9. The monoisotopic (exact) mass is 590 g/mol. The predicted molar refractivity (Wildman–Crippen MR) is 164 cm³/mol. The zero-order valence-corrected chi connectivity index (χ0v) is 25.5. The molecule has 1 fully saturated rings. The van der Waals surface area contributed by atoms with Crippen LogP contribution in [-0.2, 0) is 38.4 Å². The minimum Gasteiger partial charge on any atom is -0.481 e. The van der Waals surface area contributed by atoms with Crippen LogP contribution in [0.15, 0.2) is 23.8 Å². The van der Waals surface area contributed by atoms with Gasteiger partial charge < -0.3 is 30.8 Å². The molecule has 2 aliphatic rings. The largest absolute Gasteiger partial charge is 0.481 e. The summed E-state index contributed by atoms with van der Waals surface area (Å²) in [6.45, 7) is 13.6. The molecular weight excluding hydrogens is 548 g/mol. The Labute approximate surface area is 251 Å². The molecule has 0 bridgehead atoms. The van der Waals surface area contributed by atoms with Crippen molar-refractivity contribution in [1.29, 1.82) is 0 Å². The minimum atomic E-state index is -0.904. The number of aromatic nitrogens is 2. The van der Waals surface area contributed by atoms with Crippen molar-refractivity contribution in [2.75, 3.05) is 0 Å². The van der Waals surface area contributed by atoms with Gasteiger partial charge in [-0.2, -0.15) is 0 Å². The van der Waals surface area contributed by atoms with E-state index in [0.717, 1.165) is 56.3 Å². The number of aromatic amines is 2. The lowest BCUT2D eigenvalue weighted by Crippen LogP contribution is -2.30. The number of carboxylic acid groups (broad SMARTS) is 2. The molecule has 4 rings (SSSR count). The molecule has 230 valence electrons. The highest BCUT2D eigenvalue weighted by Crippen LogP contribution is 2.28. The number of aliphatic carboxylic acids is 2. The highest BCUT2D eigenvalue weighted by molar-refractivity contribution is 6.00. The Morgan fingerprint density at radius 2 is 1.58 bits per heavy atom. The highest BCUT2D eigenvalue weighted by Gasteiger charge is 2.36. The second kappa shape index (κ2) is 12.9. The van der Waals surface area contributed by atoms with Crippen molar-refractivity contribution in [3.63, 3.8) is 0 Å². The summed E-state index contributed by atoms with van der Waals surface area (Å²) in [7, 11) is 0. The van der Waals surface area contributed by atoms with Gasteiger partial charge in [0.2, 0.25) is 5.91 Å². The summed E-state index contributed by atoms with van der Waals surface area (Å²) in [5, 5.41) is 26.5. The average molecular weight is 591 g/mol. The maximum absolute atomic E-state index is 12.4. The normalized spacial score (nSPS) is 22.8. The predicted octanol–water partition coefficient (Wildman–Crippen LogP) is 2.31. The summed E-state index contributed by atoms with van der Waals surface area (Å²) >= 11 is 0. The molecule has 0 spiro atoms. The van der Waals surface area contributed by atoms with Crippen LogP contribution >= 0.6 is 0 Å². The van der Waals surface area contributed by atoms with Crippen LogP contribution in [0.4, 0.5) is 0 Å². The molecular formula is C33H42N4O6. The lowest BCUT2D eigenvalue weighted by molar-refractivity contribution is -0.138. The lowest BCUT2D eigenvalue weighted by atomic mass is 9.89. The molecule has 0 aliphatic carbocycles. The van der Waals surface area contributed by atoms with Gasteiger partial charge in [-0.3, -0.25) is 19.2 Å². The van der Waals surface area contributed by atoms with E-state index < -0.39 is 11.9 Å². The Hall–Kier alpha value is -4.34. The maximum Gasteiger partial charge on any atom is 0.303 e. The first kappa shape index (κ1) is 31.6. The molecule has 2 aromatic heterocycles. The van der Waals surface area contributed by atoms with E-state index in [2.05, 4.69) is 34.1 Å². The van der Waals surface area contributed by atoms with Crippen LogP contribution < -0.4 is 21.3 Å². The van der Waals surface area contributed by atoms with Crippen molar-refractivity contribution in [3.8, 4) is 0 Å². The molecule has 1 unspecified atom stereocenters. The van der Waals surface area contributed by atoms with E-state index in [9.17, 15) is 29.4 Å². The average Bonchev–Trinajstić information content (AvgIpc) is 3.59. The van der Waals surface area contributed by atoms with Crippen LogP contribution in [0.5, 0.6) is 0 Å². The first-order chi connectivity index (χ1) is 20.4. The van der Waals surface area contributed by atoms with Gasteiger partial charge in [0.05, 0.1) is 12.1 Å². The molecule has 4 heterocycles. The Morgan fingerprint density at radius 1 is 0.930 bits per heavy atom. The van der Waals surface area contributed by atoms with E-state index in [0.29, 0.717) is 24.8 Å². The number of hydrogen-bond acceptors (Lipinski definition) is 4. The zero-order chi connectivity index (χ0) is 31.6. The number of carboxylic acids is 2. The van der Waals surface area contributed by atoms with Gasteiger partial charge in [0.15, 0.2) is 0 Å². The number of amides is 2. The van der Waals surface area contributed by atoms with Crippen molar-refractivity contribution in [2.45, 2.75) is 85.2 Å². The van der Waals surface area contributed by atoms with E-state index in [4.69, 9.17) is 0 Å². The molecule has 2 amide bonds. The Bertz CT molecular complexity index is 1620. The smallest absolute Gasteiger partial charge is 0.303 e. The topological polar surface area (TPSA) is 164 Å². The number of nitrogens with one attached hydrogen (secondary N) is 4. The summed E-state index contributed by atoms with van der Waals surface area (Å²) in [5.41, 5.74) is 6.65. The number of carbonyl (C=O) groups excluding carboxylic acids is 2. The van der Waals surface area contributed by atoms with Crippen LogP contribution in [0.2, 0.25) is 0 Å². The Balaban J connectivity index is 1.83. The van der Waals surface area contributed by atoms with Gasteiger partial charge >= 0.3 is 11.9 Å². The second-order valence-corrected chi connectivity index (χ2v) is 11.7. The fourth-order valence-corrected chi connectivity index (χ4v) is 6.50. The molecule has 1 saturated heterocycles. The molecule has 0 aromatic carbocycles. The van der Waals surface area contributed by atoms with Gasteiger partial charge in [-0.05, 0) is 79.5 Å². The van der Waals surface area contributed by atoms with Gasteiger partial charge in [-0.15, -0.1) is 0 Å². The number of hydrogen-bond donors (Lipinski definition) is 6. The fraction of sp³-hybridized carbons (Fsp3) is 0.455. The van der Waals surface area contributed by atoms with Crippen LogP contribution in [0, 0.1) is 25.7 Å². The minimum absolute atomic E-state index is 0.0244. The van der Waals surface area contributed by atoms with Gasteiger partial charge in [-0.25, -0.2) is 0 Å². The van der Waals surface area contributed by atoms with E-state index in [1.54, 1.807) is 6.08 Å². The van der Waals surface area contributed by atoms with E-state index in [1.807, 2.05) is 39.8 Å². The van der Waals surface area contributed by atoms with E-state index in [1.165, 1.54) is 0 Å². The summed E-state index contributed by atoms with van der Waals surface area (Å²) < 4.78 is 0. The summed E-state index contributed by atoms with van der Waals surface area (Å²) in [5.74, 6) is -1.89. The van der Waals surface area contributed by atoms with E-state index in [-0.39, 0.29) is 48.6 Å². The van der Waals surface area contributed by atoms with Gasteiger partial charge in [-0.1, -0.05) is 32.9 Å². The molecule has 6 N–H and O–H groups in total. The van der Waals surface area contributed by atoms with Gasteiger partial charge in [0, 0.05) is 52.8 Å². The Kier molecular flexibility index (Phi) is 9.47. The summed E-state index contributed by atoms with van der Waals surface area (Å²) in [4.78, 5) is 54.8.